The number of hydrogen-bond acceptors (Lipinski definition) is 4. The Balaban J connectivity index is 1.69. The second-order valence-electron chi connectivity index (χ2n) is 7.47. The van der Waals surface area contributed by atoms with Crippen molar-refractivity contribution >= 4 is 29.1 Å². The number of nitrogens with zero attached hydrogens (tertiary/aromatic N) is 1. The van der Waals surface area contributed by atoms with Crippen LogP contribution < -0.4 is 5.32 Å². The van der Waals surface area contributed by atoms with Crippen LogP contribution >= 0.6 is 11.3 Å². The van der Waals surface area contributed by atoms with E-state index in [9.17, 15) is 14.4 Å². The fraction of sp³-hybridized carbons (Fsp3) is 0.550. The van der Waals surface area contributed by atoms with Crippen LogP contribution in [0.15, 0.2) is 29.7 Å². The zero-order valence-electron chi connectivity index (χ0n) is 15.3. The highest BCUT2D eigenvalue weighted by molar-refractivity contribution is 7.09. The summed E-state index contributed by atoms with van der Waals surface area (Å²) in [6.07, 6.45) is 6.38. The summed E-state index contributed by atoms with van der Waals surface area (Å²) in [5.74, 6) is -0.943. The van der Waals surface area contributed by atoms with E-state index in [0.29, 0.717) is 25.8 Å². The van der Waals surface area contributed by atoms with Gasteiger partial charge in [0.25, 0.3) is 0 Å². The SMILES string of the molecule is CC(C)CC(C(=O)NCCc1cccs1)N1C(=O)C2CC=CCC2C1=O. The van der Waals surface area contributed by atoms with Crippen LogP contribution in [0.4, 0.5) is 0 Å². The van der Waals surface area contributed by atoms with Gasteiger partial charge in [-0.25, -0.2) is 0 Å². The van der Waals surface area contributed by atoms with E-state index in [1.807, 2.05) is 43.5 Å². The molecule has 26 heavy (non-hydrogen) atoms. The highest BCUT2D eigenvalue weighted by atomic mass is 32.1. The van der Waals surface area contributed by atoms with Gasteiger partial charge in [0.15, 0.2) is 0 Å². The van der Waals surface area contributed by atoms with Crippen molar-refractivity contribution in [3.63, 3.8) is 0 Å². The first kappa shape index (κ1) is 18.8. The Kier molecular flexibility index (Phi) is 5.91. The average molecular weight is 375 g/mol. The lowest BCUT2D eigenvalue weighted by Crippen LogP contribution is -2.51. The van der Waals surface area contributed by atoms with Crippen LogP contribution in [-0.4, -0.2) is 35.2 Å². The molecule has 6 heteroatoms. The summed E-state index contributed by atoms with van der Waals surface area (Å²) in [5, 5.41) is 4.94. The third kappa shape index (κ3) is 3.90. The summed E-state index contributed by atoms with van der Waals surface area (Å²) in [6, 6.07) is 3.32. The monoisotopic (exact) mass is 374 g/mol. The molecule has 3 amide bonds. The van der Waals surface area contributed by atoms with Crippen molar-refractivity contribution in [1.82, 2.24) is 10.2 Å². The molecule has 3 atom stereocenters. The van der Waals surface area contributed by atoms with Crippen molar-refractivity contribution < 1.29 is 14.4 Å². The van der Waals surface area contributed by atoms with Crippen molar-refractivity contribution in [3.05, 3.63) is 34.5 Å². The first-order valence-electron chi connectivity index (χ1n) is 9.31. The number of rotatable bonds is 7. The molecule has 1 aromatic rings. The second-order valence-corrected chi connectivity index (χ2v) is 8.50. The maximum Gasteiger partial charge on any atom is 0.243 e. The smallest absolute Gasteiger partial charge is 0.243 e. The van der Waals surface area contributed by atoms with Crippen molar-refractivity contribution in [1.29, 1.82) is 0 Å². The number of likely N-dealkylation sites (tertiary alicyclic amines) is 1. The summed E-state index contributed by atoms with van der Waals surface area (Å²) in [4.78, 5) is 41.0. The van der Waals surface area contributed by atoms with Gasteiger partial charge in [-0.1, -0.05) is 32.1 Å². The van der Waals surface area contributed by atoms with Crippen LogP contribution in [0.1, 0.15) is 38.0 Å². The molecule has 1 aliphatic heterocycles. The predicted octanol–water partition coefficient (Wildman–Crippen LogP) is 2.77. The number of carbonyl (C=O) groups excluding carboxylic acids is 3. The fourth-order valence-electron chi connectivity index (χ4n) is 3.79. The van der Waals surface area contributed by atoms with Crippen molar-refractivity contribution in [2.24, 2.45) is 17.8 Å². The van der Waals surface area contributed by atoms with Crippen LogP contribution in [0, 0.1) is 17.8 Å². The molecule has 5 nitrogen and oxygen atoms in total. The fourth-order valence-corrected chi connectivity index (χ4v) is 4.50. The van der Waals surface area contributed by atoms with Crippen molar-refractivity contribution in [3.8, 4) is 0 Å². The quantitative estimate of drug-likeness (QED) is 0.589. The molecule has 140 valence electrons. The van der Waals surface area contributed by atoms with Gasteiger partial charge in [-0.05, 0) is 43.0 Å². The molecule has 0 bridgehead atoms. The summed E-state index contributed by atoms with van der Waals surface area (Å²) in [7, 11) is 0. The zero-order valence-corrected chi connectivity index (χ0v) is 16.1. The summed E-state index contributed by atoms with van der Waals surface area (Å²) in [6.45, 7) is 4.52. The average Bonchev–Trinajstić information content (AvgIpc) is 3.21. The van der Waals surface area contributed by atoms with Crippen LogP contribution in [0.3, 0.4) is 0 Å². The molecule has 0 spiro atoms. The molecular formula is C20H26N2O3S. The van der Waals surface area contributed by atoms with Crippen molar-refractivity contribution in [2.45, 2.75) is 45.6 Å². The van der Waals surface area contributed by atoms with Gasteiger partial charge in [0.2, 0.25) is 17.7 Å². The molecule has 1 aromatic heterocycles. The predicted molar refractivity (Wildman–Crippen MR) is 101 cm³/mol. The first-order valence-corrected chi connectivity index (χ1v) is 10.2. The number of thiophene rings is 1. The standard InChI is InChI=1S/C20H26N2O3S/c1-13(2)12-17(18(23)21-10-9-14-6-5-11-26-14)22-19(24)15-7-3-4-8-16(15)20(22)25/h3-6,11,13,15-17H,7-10,12H2,1-2H3,(H,21,23). The van der Waals surface area contributed by atoms with E-state index in [1.165, 1.54) is 9.78 Å². The largest absolute Gasteiger partial charge is 0.354 e. The number of amides is 3. The molecule has 0 saturated carbocycles. The lowest BCUT2D eigenvalue weighted by Gasteiger charge is -2.27. The minimum atomic E-state index is -0.705. The molecule has 1 fully saturated rings. The lowest BCUT2D eigenvalue weighted by atomic mass is 9.85. The number of hydrogen-bond donors (Lipinski definition) is 1. The minimum absolute atomic E-state index is 0.177. The Hall–Kier alpha value is -1.95. The van der Waals surface area contributed by atoms with E-state index < -0.39 is 6.04 Å². The summed E-state index contributed by atoms with van der Waals surface area (Å²) in [5.41, 5.74) is 0. The summed E-state index contributed by atoms with van der Waals surface area (Å²) >= 11 is 1.66. The topological polar surface area (TPSA) is 66.5 Å². The number of carbonyl (C=O) groups is 3. The lowest BCUT2D eigenvalue weighted by molar-refractivity contribution is -0.148. The van der Waals surface area contributed by atoms with Crippen LogP contribution in [0.5, 0.6) is 0 Å². The molecule has 0 radical (unpaired) electrons. The van der Waals surface area contributed by atoms with Crippen LogP contribution in [0.2, 0.25) is 0 Å². The first-order chi connectivity index (χ1) is 12.5. The van der Waals surface area contributed by atoms with Gasteiger partial charge in [0.05, 0.1) is 11.8 Å². The molecule has 1 aliphatic carbocycles. The molecule has 2 heterocycles. The maximum atomic E-state index is 12.8. The molecule has 2 aliphatic rings. The van der Waals surface area contributed by atoms with E-state index in [2.05, 4.69) is 5.32 Å². The normalized spacial score (nSPS) is 23.4. The third-order valence-corrected chi connectivity index (χ3v) is 6.04. The van der Waals surface area contributed by atoms with Gasteiger partial charge >= 0.3 is 0 Å². The molecular weight excluding hydrogens is 348 g/mol. The van der Waals surface area contributed by atoms with E-state index in [1.54, 1.807) is 11.3 Å². The number of allylic oxidation sites excluding steroid dienone is 2. The third-order valence-electron chi connectivity index (χ3n) is 5.10. The van der Waals surface area contributed by atoms with Gasteiger partial charge in [0, 0.05) is 11.4 Å². The Morgan fingerprint density at radius 3 is 2.42 bits per heavy atom. The minimum Gasteiger partial charge on any atom is -0.354 e. The number of fused-ring (bicyclic) bond motifs is 1. The Bertz CT molecular complexity index is 670. The molecule has 3 unspecified atom stereocenters. The number of imide groups is 1. The molecule has 3 rings (SSSR count). The maximum absolute atomic E-state index is 12.8. The summed E-state index contributed by atoms with van der Waals surface area (Å²) < 4.78 is 0. The van der Waals surface area contributed by atoms with Gasteiger partial charge in [-0.2, -0.15) is 0 Å². The van der Waals surface area contributed by atoms with Gasteiger partial charge in [-0.3, -0.25) is 19.3 Å². The van der Waals surface area contributed by atoms with E-state index in [4.69, 9.17) is 0 Å². The van der Waals surface area contributed by atoms with Gasteiger partial charge in [-0.15, -0.1) is 11.3 Å². The highest BCUT2D eigenvalue weighted by Gasteiger charge is 2.51. The second kappa shape index (κ2) is 8.16. The Labute approximate surface area is 158 Å². The Morgan fingerprint density at radius 2 is 1.88 bits per heavy atom. The van der Waals surface area contributed by atoms with Crippen LogP contribution in [-0.2, 0) is 20.8 Å². The zero-order chi connectivity index (χ0) is 18.7. The molecule has 1 N–H and O–H groups in total. The van der Waals surface area contributed by atoms with E-state index in [0.717, 1.165) is 6.42 Å². The number of nitrogens with one attached hydrogen (secondary N) is 1. The van der Waals surface area contributed by atoms with Crippen molar-refractivity contribution in [2.75, 3.05) is 6.54 Å². The van der Waals surface area contributed by atoms with Gasteiger partial charge < -0.3 is 5.32 Å². The van der Waals surface area contributed by atoms with E-state index >= 15 is 0 Å². The highest BCUT2D eigenvalue weighted by Crippen LogP contribution is 2.37. The van der Waals surface area contributed by atoms with Gasteiger partial charge in [0.1, 0.15) is 6.04 Å². The Morgan fingerprint density at radius 1 is 1.23 bits per heavy atom. The van der Waals surface area contributed by atoms with E-state index in [-0.39, 0.29) is 35.5 Å². The van der Waals surface area contributed by atoms with Crippen LogP contribution in [0.25, 0.3) is 0 Å². The molecule has 1 saturated heterocycles. The molecule has 0 aromatic carbocycles.